The molecule has 22 heavy (non-hydrogen) atoms. The lowest BCUT2D eigenvalue weighted by molar-refractivity contribution is 0.618. The van der Waals surface area contributed by atoms with Gasteiger partial charge < -0.3 is 9.80 Å². The van der Waals surface area contributed by atoms with Crippen LogP contribution in [-0.4, -0.2) is 34.4 Å². The van der Waals surface area contributed by atoms with Gasteiger partial charge in [-0.15, -0.1) is 0 Å². The lowest BCUT2D eigenvalue weighted by Gasteiger charge is -2.38. The number of rotatable bonds is 4. The molecule has 0 saturated carbocycles. The van der Waals surface area contributed by atoms with Crippen LogP contribution in [0.1, 0.15) is 19.2 Å². The van der Waals surface area contributed by atoms with Crippen molar-refractivity contribution >= 4 is 11.4 Å². The molecule has 3 rings (SSSR count). The summed E-state index contributed by atoms with van der Waals surface area (Å²) in [4.78, 5) is 18.5. The second-order valence-electron chi connectivity index (χ2n) is 5.54. The van der Waals surface area contributed by atoms with Crippen LogP contribution in [0.2, 0.25) is 0 Å². The molecule has 0 saturated heterocycles. The van der Waals surface area contributed by atoms with Crippen molar-refractivity contribution in [3.05, 3.63) is 40.3 Å². The van der Waals surface area contributed by atoms with Crippen LogP contribution in [0.3, 0.4) is 0 Å². The summed E-state index contributed by atoms with van der Waals surface area (Å²) in [6.07, 6.45) is 1.05. The lowest BCUT2D eigenvalue weighted by Crippen LogP contribution is -2.41. The van der Waals surface area contributed by atoms with E-state index >= 15 is 0 Å². The Morgan fingerprint density at radius 2 is 2.05 bits per heavy atom. The average molecular weight is 305 g/mol. The fraction of sp³-hybridized carbons (Fsp3) is 0.467. The van der Waals surface area contributed by atoms with E-state index < -0.39 is 0 Å². The molecule has 0 amide bonds. The molecular formula is C15H20FN5O. The summed E-state index contributed by atoms with van der Waals surface area (Å²) in [7, 11) is 1.61. The molecule has 0 spiro atoms. The largest absolute Gasteiger partial charge is 0.368 e. The van der Waals surface area contributed by atoms with Crippen molar-refractivity contribution < 1.29 is 4.39 Å². The Balaban J connectivity index is 1.91. The van der Waals surface area contributed by atoms with E-state index in [2.05, 4.69) is 26.8 Å². The minimum atomic E-state index is -0.253. The van der Waals surface area contributed by atoms with Crippen molar-refractivity contribution in [1.29, 1.82) is 0 Å². The summed E-state index contributed by atoms with van der Waals surface area (Å²) in [6.45, 7) is 5.20. The third-order valence-corrected chi connectivity index (χ3v) is 3.91. The maximum atomic E-state index is 13.7. The second-order valence-corrected chi connectivity index (χ2v) is 5.54. The van der Waals surface area contributed by atoms with E-state index in [1.807, 2.05) is 6.07 Å². The average Bonchev–Trinajstić information content (AvgIpc) is 2.80. The molecule has 118 valence electrons. The predicted octanol–water partition coefficient (Wildman–Crippen LogP) is 1.48. The van der Waals surface area contributed by atoms with E-state index in [4.69, 9.17) is 0 Å². The van der Waals surface area contributed by atoms with Gasteiger partial charge in [-0.2, -0.15) is 5.10 Å². The molecule has 0 unspecified atom stereocenters. The van der Waals surface area contributed by atoms with Gasteiger partial charge >= 0.3 is 5.69 Å². The smallest absolute Gasteiger partial charge is 0.343 e. The van der Waals surface area contributed by atoms with Crippen LogP contribution in [0.4, 0.5) is 15.8 Å². The Kier molecular flexibility index (Phi) is 3.87. The summed E-state index contributed by atoms with van der Waals surface area (Å²) >= 11 is 0. The van der Waals surface area contributed by atoms with Gasteiger partial charge in [0.15, 0.2) is 5.82 Å². The number of hydrogen-bond donors (Lipinski definition) is 1. The number of H-pyrrole nitrogens is 1. The Morgan fingerprint density at radius 3 is 2.73 bits per heavy atom. The van der Waals surface area contributed by atoms with E-state index in [1.54, 1.807) is 13.1 Å². The molecule has 2 heterocycles. The molecule has 1 aromatic carbocycles. The van der Waals surface area contributed by atoms with Crippen LogP contribution in [0.5, 0.6) is 0 Å². The molecule has 1 aliphatic heterocycles. The van der Waals surface area contributed by atoms with Crippen LogP contribution < -0.4 is 15.5 Å². The highest BCUT2D eigenvalue weighted by atomic mass is 19.1. The molecule has 2 aromatic rings. The fourth-order valence-electron chi connectivity index (χ4n) is 2.87. The predicted molar refractivity (Wildman–Crippen MR) is 83.8 cm³/mol. The van der Waals surface area contributed by atoms with Crippen LogP contribution in [0, 0.1) is 5.82 Å². The van der Waals surface area contributed by atoms with Gasteiger partial charge in [0.25, 0.3) is 0 Å². The second kappa shape index (κ2) is 5.82. The SMILES string of the molecule is CCCN1CCN(Cc2nn(C)c(=O)[nH]2)c2cc(F)ccc21. The molecule has 0 radical (unpaired) electrons. The Hall–Kier alpha value is -2.31. The summed E-state index contributed by atoms with van der Waals surface area (Å²) in [5.41, 5.74) is 1.65. The lowest BCUT2D eigenvalue weighted by atomic mass is 10.1. The standard InChI is InChI=1S/C15H20FN5O/c1-3-6-20-7-8-21(10-14-17-15(22)19(2)18-14)13-9-11(16)4-5-12(13)20/h4-5,9H,3,6-8,10H2,1-2H3,(H,17,18,22). The number of nitrogens with one attached hydrogen (secondary N) is 1. The van der Waals surface area contributed by atoms with Crippen molar-refractivity contribution in [3.8, 4) is 0 Å². The third kappa shape index (κ3) is 2.70. The van der Waals surface area contributed by atoms with E-state index in [9.17, 15) is 9.18 Å². The highest BCUT2D eigenvalue weighted by Gasteiger charge is 2.23. The molecule has 0 atom stereocenters. The van der Waals surface area contributed by atoms with Gasteiger partial charge in [0.1, 0.15) is 5.82 Å². The van der Waals surface area contributed by atoms with Crippen molar-refractivity contribution in [2.24, 2.45) is 7.05 Å². The fourth-order valence-corrected chi connectivity index (χ4v) is 2.87. The van der Waals surface area contributed by atoms with E-state index in [0.717, 1.165) is 37.4 Å². The molecule has 0 aliphatic carbocycles. The zero-order valence-electron chi connectivity index (χ0n) is 12.8. The summed E-state index contributed by atoms with van der Waals surface area (Å²) in [5.74, 6) is 0.336. The molecule has 6 nitrogen and oxygen atoms in total. The molecule has 1 aliphatic rings. The van der Waals surface area contributed by atoms with Crippen molar-refractivity contribution in [2.75, 3.05) is 29.4 Å². The number of aromatic amines is 1. The third-order valence-electron chi connectivity index (χ3n) is 3.91. The normalized spacial score (nSPS) is 14.3. The number of aromatic nitrogens is 3. The van der Waals surface area contributed by atoms with E-state index in [-0.39, 0.29) is 11.5 Å². The molecule has 1 N–H and O–H groups in total. The number of halogens is 1. The van der Waals surface area contributed by atoms with Crippen LogP contribution in [0.15, 0.2) is 23.0 Å². The van der Waals surface area contributed by atoms with E-state index in [1.165, 1.54) is 10.7 Å². The maximum Gasteiger partial charge on any atom is 0.343 e. The number of nitrogens with zero attached hydrogens (tertiary/aromatic N) is 4. The van der Waals surface area contributed by atoms with E-state index in [0.29, 0.717) is 12.4 Å². The summed E-state index contributed by atoms with van der Waals surface area (Å²) in [6, 6.07) is 4.87. The van der Waals surface area contributed by atoms with Gasteiger partial charge in [-0.1, -0.05) is 6.92 Å². The monoisotopic (exact) mass is 305 g/mol. The maximum absolute atomic E-state index is 13.7. The summed E-state index contributed by atoms with van der Waals surface area (Å²) in [5, 5.41) is 4.15. The minimum absolute atomic E-state index is 0.237. The van der Waals surface area contributed by atoms with Gasteiger partial charge in [0.2, 0.25) is 0 Å². The highest BCUT2D eigenvalue weighted by Crippen LogP contribution is 2.34. The van der Waals surface area contributed by atoms with Crippen LogP contribution >= 0.6 is 0 Å². The minimum Gasteiger partial charge on any atom is -0.368 e. The van der Waals surface area contributed by atoms with Gasteiger partial charge in [0.05, 0.1) is 17.9 Å². The van der Waals surface area contributed by atoms with Crippen molar-refractivity contribution in [3.63, 3.8) is 0 Å². The van der Waals surface area contributed by atoms with Crippen LogP contribution in [-0.2, 0) is 13.6 Å². The molecular weight excluding hydrogens is 285 g/mol. The van der Waals surface area contributed by atoms with Gasteiger partial charge in [-0.25, -0.2) is 13.9 Å². The topological polar surface area (TPSA) is 57.2 Å². The Bertz CT molecular complexity index is 723. The van der Waals surface area contributed by atoms with Crippen molar-refractivity contribution in [1.82, 2.24) is 14.8 Å². The zero-order valence-corrected chi connectivity index (χ0v) is 12.8. The summed E-state index contributed by atoms with van der Waals surface area (Å²) < 4.78 is 14.9. The number of anilines is 2. The number of aryl methyl sites for hydroxylation is 1. The first kappa shape index (κ1) is 14.6. The number of hydrogen-bond acceptors (Lipinski definition) is 4. The molecule has 7 heteroatoms. The Labute approximate surface area is 128 Å². The first-order chi connectivity index (χ1) is 10.6. The van der Waals surface area contributed by atoms with Gasteiger partial charge in [-0.05, 0) is 24.6 Å². The Morgan fingerprint density at radius 1 is 1.27 bits per heavy atom. The first-order valence-corrected chi connectivity index (χ1v) is 7.50. The van der Waals surface area contributed by atoms with Gasteiger partial charge in [0, 0.05) is 26.7 Å². The van der Waals surface area contributed by atoms with Crippen LogP contribution in [0.25, 0.3) is 0 Å². The molecule has 1 aromatic heterocycles. The highest BCUT2D eigenvalue weighted by molar-refractivity contribution is 5.73. The van der Waals surface area contributed by atoms with Crippen molar-refractivity contribution in [2.45, 2.75) is 19.9 Å². The zero-order chi connectivity index (χ0) is 15.7. The quantitative estimate of drug-likeness (QED) is 0.930. The first-order valence-electron chi connectivity index (χ1n) is 7.50. The number of fused-ring (bicyclic) bond motifs is 1. The number of benzene rings is 1. The van der Waals surface area contributed by atoms with Gasteiger partial charge in [-0.3, -0.25) is 4.98 Å². The molecule has 0 bridgehead atoms. The molecule has 0 fully saturated rings.